The van der Waals surface area contributed by atoms with Crippen molar-refractivity contribution in [3.63, 3.8) is 0 Å². The summed E-state index contributed by atoms with van der Waals surface area (Å²) in [5.41, 5.74) is 2.62. The number of ketones is 1. The summed E-state index contributed by atoms with van der Waals surface area (Å²) in [4.78, 5) is 12.5. The van der Waals surface area contributed by atoms with Gasteiger partial charge in [-0.1, -0.05) is 36.4 Å². The molecule has 1 atom stereocenters. The number of carbonyl (C=O) groups excluding carboxylic acids is 1. The Hall–Kier alpha value is -2.59. The van der Waals surface area contributed by atoms with Gasteiger partial charge in [0.1, 0.15) is 30.5 Å². The van der Waals surface area contributed by atoms with E-state index in [2.05, 4.69) is 0 Å². The highest BCUT2D eigenvalue weighted by atomic mass is 16.5. The molecule has 0 radical (unpaired) electrons. The first-order valence-corrected chi connectivity index (χ1v) is 7.53. The Morgan fingerprint density at radius 1 is 1.00 bits per heavy atom. The lowest BCUT2D eigenvalue weighted by molar-refractivity contribution is -0.121. The van der Waals surface area contributed by atoms with Gasteiger partial charge in [0.05, 0.1) is 12.7 Å². The molecule has 4 rings (SSSR count). The van der Waals surface area contributed by atoms with Gasteiger partial charge in [0.25, 0.3) is 0 Å². The highest BCUT2D eigenvalue weighted by molar-refractivity contribution is 6.00. The number of ether oxygens (including phenoxy) is 3. The van der Waals surface area contributed by atoms with Gasteiger partial charge in [0.2, 0.25) is 0 Å². The van der Waals surface area contributed by atoms with Gasteiger partial charge < -0.3 is 14.2 Å². The van der Waals surface area contributed by atoms with E-state index >= 15 is 0 Å². The van der Waals surface area contributed by atoms with Gasteiger partial charge in [-0.05, 0) is 12.1 Å². The first-order valence-electron chi connectivity index (χ1n) is 7.53. The van der Waals surface area contributed by atoms with Crippen molar-refractivity contribution in [1.29, 1.82) is 0 Å². The third kappa shape index (κ3) is 2.23. The summed E-state index contributed by atoms with van der Waals surface area (Å²) in [7, 11) is 1.64. The predicted octanol–water partition coefficient (Wildman–Crippen LogP) is 3.07. The summed E-state index contributed by atoms with van der Waals surface area (Å²) >= 11 is 0. The Kier molecular flexibility index (Phi) is 3.39. The molecule has 0 aliphatic carbocycles. The molecule has 0 unspecified atom stereocenters. The van der Waals surface area contributed by atoms with Crippen molar-refractivity contribution in [2.75, 3.05) is 20.3 Å². The molecule has 23 heavy (non-hydrogen) atoms. The summed E-state index contributed by atoms with van der Waals surface area (Å²) in [5, 5.41) is 0. The van der Waals surface area contributed by atoms with Crippen molar-refractivity contribution < 1.29 is 19.0 Å². The second-order valence-electron chi connectivity index (χ2n) is 5.57. The third-order valence-electron chi connectivity index (χ3n) is 4.27. The fourth-order valence-electron chi connectivity index (χ4n) is 3.28. The highest BCUT2D eigenvalue weighted by Crippen LogP contribution is 2.46. The Bertz CT molecular complexity index is 807. The van der Waals surface area contributed by atoms with E-state index in [1.807, 2.05) is 48.5 Å². The van der Waals surface area contributed by atoms with Crippen LogP contribution in [0.1, 0.15) is 17.0 Å². The van der Waals surface area contributed by atoms with Crippen LogP contribution in [0.15, 0.2) is 59.9 Å². The molecule has 116 valence electrons. The maximum atomic E-state index is 12.5. The number of hydrogen-bond acceptors (Lipinski definition) is 4. The van der Waals surface area contributed by atoms with Gasteiger partial charge >= 0.3 is 0 Å². The largest absolute Gasteiger partial charge is 0.496 e. The molecular weight excluding hydrogens is 292 g/mol. The van der Waals surface area contributed by atoms with Crippen LogP contribution in [-0.2, 0) is 9.53 Å². The standard InChI is InChI=1S/C19H16O4/c1-21-15-8-4-2-6-12(15)18-13-7-3-5-9-16(13)23-17-11-22-10-14(20)19(17)18/h2-9,18H,10-11H2,1H3/t18-/m1/s1. The number of hydrogen-bond donors (Lipinski definition) is 0. The number of para-hydroxylation sites is 2. The van der Waals surface area contributed by atoms with Crippen molar-refractivity contribution in [1.82, 2.24) is 0 Å². The zero-order chi connectivity index (χ0) is 15.8. The molecule has 2 aromatic rings. The van der Waals surface area contributed by atoms with Crippen LogP contribution >= 0.6 is 0 Å². The second-order valence-corrected chi connectivity index (χ2v) is 5.57. The number of carbonyl (C=O) groups is 1. The van der Waals surface area contributed by atoms with Gasteiger partial charge in [-0.3, -0.25) is 4.79 Å². The maximum absolute atomic E-state index is 12.5. The van der Waals surface area contributed by atoms with Crippen LogP contribution in [0.2, 0.25) is 0 Å². The molecule has 2 aliphatic rings. The van der Waals surface area contributed by atoms with Crippen molar-refractivity contribution in [2.45, 2.75) is 5.92 Å². The van der Waals surface area contributed by atoms with Crippen LogP contribution in [-0.4, -0.2) is 26.1 Å². The van der Waals surface area contributed by atoms with Crippen LogP contribution in [0.5, 0.6) is 11.5 Å². The molecule has 0 saturated heterocycles. The second kappa shape index (κ2) is 5.56. The Balaban J connectivity index is 1.97. The number of rotatable bonds is 2. The van der Waals surface area contributed by atoms with E-state index in [9.17, 15) is 4.79 Å². The molecule has 0 fully saturated rings. The molecule has 4 nitrogen and oxygen atoms in total. The summed E-state index contributed by atoms with van der Waals surface area (Å²) in [6.45, 7) is 0.414. The van der Waals surface area contributed by atoms with Crippen molar-refractivity contribution in [3.05, 3.63) is 71.0 Å². The summed E-state index contributed by atoms with van der Waals surface area (Å²) < 4.78 is 16.8. The van der Waals surface area contributed by atoms with Crippen LogP contribution in [0, 0.1) is 0 Å². The van der Waals surface area contributed by atoms with Crippen molar-refractivity contribution in [3.8, 4) is 11.5 Å². The zero-order valence-corrected chi connectivity index (χ0v) is 12.7. The van der Waals surface area contributed by atoms with E-state index in [0.29, 0.717) is 17.9 Å². The summed E-state index contributed by atoms with van der Waals surface area (Å²) in [6.07, 6.45) is 0. The van der Waals surface area contributed by atoms with Crippen molar-refractivity contribution in [2.24, 2.45) is 0 Å². The Labute approximate surface area is 134 Å². The first kappa shape index (κ1) is 14.0. The molecule has 0 amide bonds. The van der Waals surface area contributed by atoms with E-state index < -0.39 is 0 Å². The number of benzene rings is 2. The van der Waals surface area contributed by atoms with Gasteiger partial charge in [0, 0.05) is 17.0 Å². The summed E-state index contributed by atoms with van der Waals surface area (Å²) in [6, 6.07) is 15.6. The lowest BCUT2D eigenvalue weighted by Gasteiger charge is -2.33. The number of fused-ring (bicyclic) bond motifs is 1. The minimum atomic E-state index is -0.192. The molecule has 4 heteroatoms. The maximum Gasteiger partial charge on any atom is 0.188 e. The summed E-state index contributed by atoms with van der Waals surface area (Å²) in [5.74, 6) is 1.91. The van der Waals surface area contributed by atoms with Crippen LogP contribution in [0.25, 0.3) is 0 Å². The quantitative estimate of drug-likeness (QED) is 0.855. The van der Waals surface area contributed by atoms with Crippen LogP contribution in [0.3, 0.4) is 0 Å². The fourth-order valence-corrected chi connectivity index (χ4v) is 3.28. The lowest BCUT2D eigenvalue weighted by Crippen LogP contribution is -2.31. The Morgan fingerprint density at radius 2 is 1.74 bits per heavy atom. The molecule has 2 heterocycles. The normalized spacial score (nSPS) is 19.7. The molecule has 0 saturated carbocycles. The Morgan fingerprint density at radius 3 is 2.57 bits per heavy atom. The average Bonchev–Trinajstić information content (AvgIpc) is 2.60. The van der Waals surface area contributed by atoms with E-state index in [0.717, 1.165) is 22.6 Å². The SMILES string of the molecule is COc1ccccc1[C@H]1C2=C(COCC2=O)Oc2ccccc21. The van der Waals surface area contributed by atoms with E-state index in [1.165, 1.54) is 0 Å². The van der Waals surface area contributed by atoms with Gasteiger partial charge in [0.15, 0.2) is 5.78 Å². The zero-order valence-electron chi connectivity index (χ0n) is 12.7. The van der Waals surface area contributed by atoms with Crippen LogP contribution < -0.4 is 9.47 Å². The molecular formula is C19H16O4. The molecule has 0 bridgehead atoms. The predicted molar refractivity (Wildman–Crippen MR) is 84.8 cm³/mol. The minimum Gasteiger partial charge on any atom is -0.496 e. The van der Waals surface area contributed by atoms with Gasteiger partial charge in [-0.25, -0.2) is 0 Å². The van der Waals surface area contributed by atoms with E-state index in [1.54, 1.807) is 7.11 Å². The fraction of sp³-hybridized carbons (Fsp3) is 0.211. The van der Waals surface area contributed by atoms with E-state index in [-0.39, 0.29) is 18.3 Å². The third-order valence-corrected chi connectivity index (χ3v) is 4.27. The molecule has 0 aromatic heterocycles. The van der Waals surface area contributed by atoms with Crippen LogP contribution in [0.4, 0.5) is 0 Å². The first-order chi connectivity index (χ1) is 11.3. The minimum absolute atomic E-state index is 0.0309. The molecule has 2 aromatic carbocycles. The van der Waals surface area contributed by atoms with Crippen molar-refractivity contribution >= 4 is 5.78 Å². The number of Topliss-reactive ketones (excluding diaryl/α,β-unsaturated/α-hetero) is 1. The number of methoxy groups -OCH3 is 1. The van der Waals surface area contributed by atoms with E-state index in [4.69, 9.17) is 14.2 Å². The molecule has 0 spiro atoms. The van der Waals surface area contributed by atoms with Gasteiger partial charge in [-0.15, -0.1) is 0 Å². The topological polar surface area (TPSA) is 44.8 Å². The smallest absolute Gasteiger partial charge is 0.188 e. The molecule has 0 N–H and O–H groups in total. The lowest BCUT2D eigenvalue weighted by atomic mass is 9.79. The monoisotopic (exact) mass is 308 g/mol. The average molecular weight is 308 g/mol. The highest BCUT2D eigenvalue weighted by Gasteiger charge is 2.38. The molecule has 2 aliphatic heterocycles. The van der Waals surface area contributed by atoms with Gasteiger partial charge in [-0.2, -0.15) is 0 Å².